The number of benzene rings is 3. The minimum atomic E-state index is -3.88. The summed E-state index contributed by atoms with van der Waals surface area (Å²) in [5.74, 6) is -0.127. The van der Waals surface area contributed by atoms with Gasteiger partial charge in [0.1, 0.15) is 5.75 Å². The third kappa shape index (κ3) is 3.34. The molecule has 0 saturated carbocycles. The number of ether oxygens (including phenoxy) is 1. The molecule has 0 atom stereocenters. The van der Waals surface area contributed by atoms with E-state index in [9.17, 15) is 13.2 Å². The molecule has 0 fully saturated rings. The number of carbonyl (C=O) groups excluding carboxylic acids is 1. The molecule has 0 aliphatic carbocycles. The molecule has 7 heteroatoms. The Balaban J connectivity index is 2.04. The van der Waals surface area contributed by atoms with Crippen molar-refractivity contribution < 1.29 is 17.9 Å². The van der Waals surface area contributed by atoms with Crippen LogP contribution in [0, 0.1) is 0 Å². The molecule has 2 N–H and O–H groups in total. The molecule has 3 rings (SSSR count). The topological polar surface area (TPSA) is 84.5 Å². The van der Waals surface area contributed by atoms with Crippen LogP contribution in [-0.2, 0) is 10.0 Å². The van der Waals surface area contributed by atoms with E-state index in [4.69, 9.17) is 4.74 Å². The van der Waals surface area contributed by atoms with Gasteiger partial charge in [0, 0.05) is 12.4 Å². The number of fused-ring (bicyclic) bond motifs is 1. The summed E-state index contributed by atoms with van der Waals surface area (Å²) in [7, 11) is -0.989. The first-order chi connectivity index (χ1) is 12.5. The summed E-state index contributed by atoms with van der Waals surface area (Å²) in [6.45, 7) is 0. The van der Waals surface area contributed by atoms with E-state index in [0.717, 1.165) is 10.8 Å². The van der Waals surface area contributed by atoms with E-state index in [1.165, 1.54) is 32.4 Å². The maximum atomic E-state index is 12.8. The molecule has 0 radical (unpaired) electrons. The van der Waals surface area contributed by atoms with E-state index in [0.29, 0.717) is 11.4 Å². The Labute approximate surface area is 151 Å². The molecule has 0 aliphatic rings. The molecule has 26 heavy (non-hydrogen) atoms. The number of carbonyl (C=O) groups is 1. The summed E-state index contributed by atoms with van der Waals surface area (Å²) in [5.41, 5.74) is 0.621. The number of nitrogens with one attached hydrogen (secondary N) is 2. The van der Waals surface area contributed by atoms with Crippen molar-refractivity contribution in [2.75, 3.05) is 18.9 Å². The van der Waals surface area contributed by atoms with E-state index in [1.54, 1.807) is 12.1 Å². The first kappa shape index (κ1) is 17.8. The van der Waals surface area contributed by atoms with Gasteiger partial charge in [-0.1, -0.05) is 36.4 Å². The number of hydrogen-bond donors (Lipinski definition) is 2. The second kappa shape index (κ2) is 7.05. The lowest BCUT2D eigenvalue weighted by Gasteiger charge is -2.13. The van der Waals surface area contributed by atoms with Crippen LogP contribution in [0.4, 0.5) is 5.69 Å². The molecule has 1 amide bonds. The summed E-state index contributed by atoms with van der Waals surface area (Å²) in [4.78, 5) is 12.0. The van der Waals surface area contributed by atoms with Crippen molar-refractivity contribution in [1.29, 1.82) is 0 Å². The summed E-state index contributed by atoms with van der Waals surface area (Å²) in [6.07, 6.45) is 0. The minimum absolute atomic E-state index is 0.0233. The van der Waals surface area contributed by atoms with Crippen molar-refractivity contribution in [2.24, 2.45) is 0 Å². The summed E-state index contributed by atoms with van der Waals surface area (Å²) >= 11 is 0. The third-order valence-electron chi connectivity index (χ3n) is 3.99. The Morgan fingerprint density at radius 3 is 2.46 bits per heavy atom. The van der Waals surface area contributed by atoms with Gasteiger partial charge in [-0.15, -0.1) is 0 Å². The minimum Gasteiger partial charge on any atom is -0.496 e. The van der Waals surface area contributed by atoms with Crippen LogP contribution in [0.25, 0.3) is 10.8 Å². The normalized spacial score (nSPS) is 11.2. The zero-order valence-electron chi connectivity index (χ0n) is 14.3. The van der Waals surface area contributed by atoms with Crippen LogP contribution in [0.1, 0.15) is 10.4 Å². The molecule has 134 valence electrons. The lowest BCUT2D eigenvalue weighted by atomic mass is 10.1. The maximum absolute atomic E-state index is 12.8. The fraction of sp³-hybridized carbons (Fsp3) is 0.105. The largest absolute Gasteiger partial charge is 0.496 e. The van der Waals surface area contributed by atoms with Crippen LogP contribution in [0.5, 0.6) is 5.75 Å². The molecule has 3 aromatic carbocycles. The van der Waals surface area contributed by atoms with Crippen molar-refractivity contribution >= 4 is 32.4 Å². The van der Waals surface area contributed by atoms with Gasteiger partial charge in [-0.2, -0.15) is 0 Å². The smallest absolute Gasteiger partial charge is 0.261 e. The van der Waals surface area contributed by atoms with Gasteiger partial charge in [0.05, 0.1) is 23.3 Å². The summed E-state index contributed by atoms with van der Waals surface area (Å²) < 4.78 is 33.4. The molecule has 3 aromatic rings. The van der Waals surface area contributed by atoms with Gasteiger partial charge in [-0.3, -0.25) is 9.52 Å². The summed E-state index contributed by atoms with van der Waals surface area (Å²) in [5, 5.41) is 4.19. The van der Waals surface area contributed by atoms with Crippen molar-refractivity contribution in [3.8, 4) is 5.75 Å². The van der Waals surface area contributed by atoms with Crippen molar-refractivity contribution in [3.63, 3.8) is 0 Å². The van der Waals surface area contributed by atoms with Gasteiger partial charge in [-0.25, -0.2) is 8.42 Å². The van der Waals surface area contributed by atoms with Crippen LogP contribution in [0.15, 0.2) is 65.6 Å². The monoisotopic (exact) mass is 370 g/mol. The van der Waals surface area contributed by atoms with Gasteiger partial charge >= 0.3 is 0 Å². The molecule has 0 spiro atoms. The maximum Gasteiger partial charge on any atom is 0.261 e. The van der Waals surface area contributed by atoms with E-state index in [1.807, 2.05) is 30.3 Å². The van der Waals surface area contributed by atoms with Gasteiger partial charge in [0.25, 0.3) is 15.9 Å². The molecule has 0 aromatic heterocycles. The predicted molar refractivity (Wildman–Crippen MR) is 101 cm³/mol. The molecule has 0 aliphatic heterocycles. The van der Waals surface area contributed by atoms with Gasteiger partial charge in [-0.05, 0) is 29.7 Å². The highest BCUT2D eigenvalue weighted by Crippen LogP contribution is 2.27. The number of methoxy groups -OCH3 is 1. The first-order valence-corrected chi connectivity index (χ1v) is 9.35. The Kier molecular flexibility index (Phi) is 4.81. The van der Waals surface area contributed by atoms with Crippen molar-refractivity contribution in [2.45, 2.75) is 4.90 Å². The fourth-order valence-corrected chi connectivity index (χ4v) is 3.79. The average molecular weight is 370 g/mol. The number of hydrogen-bond acceptors (Lipinski definition) is 4. The Hall–Kier alpha value is -3.06. The zero-order chi connectivity index (χ0) is 18.7. The average Bonchev–Trinajstić information content (AvgIpc) is 2.67. The molecule has 0 heterocycles. The van der Waals surface area contributed by atoms with E-state index >= 15 is 0 Å². The van der Waals surface area contributed by atoms with Crippen LogP contribution < -0.4 is 14.8 Å². The highest BCUT2D eigenvalue weighted by molar-refractivity contribution is 7.92. The second-order valence-electron chi connectivity index (χ2n) is 5.57. The molecular formula is C19H18N2O4S. The van der Waals surface area contributed by atoms with Crippen LogP contribution >= 0.6 is 0 Å². The van der Waals surface area contributed by atoms with Gasteiger partial charge < -0.3 is 10.1 Å². The van der Waals surface area contributed by atoms with Crippen LogP contribution in [-0.4, -0.2) is 28.5 Å². The molecule has 0 saturated heterocycles. The first-order valence-electron chi connectivity index (χ1n) is 7.87. The van der Waals surface area contributed by atoms with Crippen molar-refractivity contribution in [1.82, 2.24) is 5.32 Å². The molecule has 0 unspecified atom stereocenters. The van der Waals surface area contributed by atoms with Crippen LogP contribution in [0.3, 0.4) is 0 Å². The third-order valence-corrected chi connectivity index (χ3v) is 5.35. The quantitative estimate of drug-likeness (QED) is 0.723. The SMILES string of the molecule is CNC(=O)c1cc(S(=O)(=O)Nc2cccc3ccccc23)ccc1OC. The Bertz CT molecular complexity index is 1070. The van der Waals surface area contributed by atoms with Crippen LogP contribution in [0.2, 0.25) is 0 Å². The Morgan fingerprint density at radius 1 is 1.00 bits per heavy atom. The number of rotatable bonds is 5. The van der Waals surface area contributed by atoms with Gasteiger partial charge in [0.15, 0.2) is 0 Å². The fourth-order valence-electron chi connectivity index (χ4n) is 2.68. The standard InChI is InChI=1S/C19H18N2O4S/c1-20-19(22)16-12-14(10-11-18(16)25-2)26(23,24)21-17-9-5-7-13-6-3-4-8-15(13)17/h3-12,21H,1-2H3,(H,20,22). The number of anilines is 1. The number of sulfonamides is 1. The van der Waals surface area contributed by atoms with E-state index in [2.05, 4.69) is 10.0 Å². The zero-order valence-corrected chi connectivity index (χ0v) is 15.1. The number of amides is 1. The highest BCUT2D eigenvalue weighted by atomic mass is 32.2. The molecule has 0 bridgehead atoms. The second-order valence-corrected chi connectivity index (χ2v) is 7.26. The Morgan fingerprint density at radius 2 is 1.73 bits per heavy atom. The molecule has 6 nitrogen and oxygen atoms in total. The van der Waals surface area contributed by atoms with Crippen molar-refractivity contribution in [3.05, 3.63) is 66.2 Å². The molecular weight excluding hydrogens is 352 g/mol. The highest BCUT2D eigenvalue weighted by Gasteiger charge is 2.20. The predicted octanol–water partition coefficient (Wildman–Crippen LogP) is 3.01. The van der Waals surface area contributed by atoms with E-state index in [-0.39, 0.29) is 10.5 Å². The summed E-state index contributed by atoms with van der Waals surface area (Å²) in [6, 6.07) is 17.0. The lowest BCUT2D eigenvalue weighted by molar-refractivity contribution is 0.0960. The lowest BCUT2D eigenvalue weighted by Crippen LogP contribution is -2.20. The van der Waals surface area contributed by atoms with Gasteiger partial charge in [0.2, 0.25) is 0 Å². The van der Waals surface area contributed by atoms with E-state index < -0.39 is 15.9 Å².